The lowest BCUT2D eigenvalue weighted by Gasteiger charge is -2.28. The summed E-state index contributed by atoms with van der Waals surface area (Å²) in [5.74, 6) is 0.522. The van der Waals surface area contributed by atoms with Crippen LogP contribution in [0.3, 0.4) is 0 Å². The molecule has 1 aliphatic rings. The lowest BCUT2D eigenvalue weighted by Crippen LogP contribution is -2.37. The van der Waals surface area contributed by atoms with Crippen LogP contribution in [0.5, 0.6) is 0 Å². The van der Waals surface area contributed by atoms with Crippen molar-refractivity contribution in [3.8, 4) is 0 Å². The molecule has 5 nitrogen and oxygen atoms in total. The average Bonchev–Trinajstić information content (AvgIpc) is 2.27. The number of aliphatic hydroxyl groups excluding tert-OH is 1. The molecule has 0 amide bonds. The first-order chi connectivity index (χ1) is 7.66. The van der Waals surface area contributed by atoms with Crippen LogP contribution in [-0.4, -0.2) is 32.4 Å². The summed E-state index contributed by atoms with van der Waals surface area (Å²) < 4.78 is 0. The molecule has 1 aromatic rings. The molecule has 1 aliphatic carbocycles. The van der Waals surface area contributed by atoms with Gasteiger partial charge in [0.05, 0.1) is 23.5 Å². The lowest BCUT2D eigenvalue weighted by molar-refractivity contribution is 0.116. The van der Waals surface area contributed by atoms with Gasteiger partial charge in [0.15, 0.2) is 0 Å². The Hall–Kier alpha value is -1.23. The topological polar surface area (TPSA) is 70.9 Å². The number of rotatable bonds is 2. The Kier molecular flexibility index (Phi) is 3.33. The van der Waals surface area contributed by atoms with E-state index in [0.717, 1.165) is 37.1 Å². The van der Waals surface area contributed by atoms with E-state index in [1.54, 1.807) is 0 Å². The van der Waals surface area contributed by atoms with Gasteiger partial charge in [-0.2, -0.15) is 5.10 Å². The zero-order chi connectivity index (χ0) is 11.5. The Morgan fingerprint density at radius 3 is 2.56 bits per heavy atom. The molecule has 1 fully saturated rings. The van der Waals surface area contributed by atoms with Gasteiger partial charge in [0.2, 0.25) is 5.95 Å². The second-order valence-electron chi connectivity index (χ2n) is 4.41. The summed E-state index contributed by atoms with van der Waals surface area (Å²) in [5, 5.41) is 21.0. The maximum Gasteiger partial charge on any atom is 0.243 e. The molecule has 16 heavy (non-hydrogen) atoms. The molecule has 2 atom stereocenters. The molecule has 0 aromatic carbocycles. The van der Waals surface area contributed by atoms with Crippen LogP contribution in [0.25, 0.3) is 0 Å². The Bertz CT molecular complexity index is 369. The van der Waals surface area contributed by atoms with Crippen molar-refractivity contribution >= 4 is 5.95 Å². The Morgan fingerprint density at radius 2 is 1.88 bits per heavy atom. The van der Waals surface area contributed by atoms with Crippen LogP contribution in [0.15, 0.2) is 0 Å². The van der Waals surface area contributed by atoms with Crippen molar-refractivity contribution in [2.45, 2.75) is 51.7 Å². The van der Waals surface area contributed by atoms with E-state index in [-0.39, 0.29) is 12.1 Å². The van der Waals surface area contributed by atoms with Crippen molar-refractivity contribution in [1.29, 1.82) is 0 Å². The van der Waals surface area contributed by atoms with Gasteiger partial charge >= 0.3 is 0 Å². The highest BCUT2D eigenvalue weighted by Crippen LogP contribution is 2.20. The quantitative estimate of drug-likeness (QED) is 0.787. The molecule has 2 N–H and O–H groups in total. The van der Waals surface area contributed by atoms with E-state index >= 15 is 0 Å². The van der Waals surface area contributed by atoms with Crippen molar-refractivity contribution in [3.63, 3.8) is 0 Å². The summed E-state index contributed by atoms with van der Waals surface area (Å²) in [5.41, 5.74) is 1.72. The predicted molar refractivity (Wildman–Crippen MR) is 61.2 cm³/mol. The fourth-order valence-corrected chi connectivity index (χ4v) is 1.96. The summed E-state index contributed by atoms with van der Waals surface area (Å²) in [6.07, 6.45) is 3.78. The molecule has 0 spiro atoms. The first kappa shape index (κ1) is 11.3. The molecule has 5 heteroatoms. The standard InChI is InChI=1S/C11H18N4O/c1-7-8(2)14-15-11(12-7)13-9-5-3-4-6-10(9)16/h9-10,16H,3-6H2,1-2H3,(H,12,13,15). The molecule has 1 aromatic heterocycles. The van der Waals surface area contributed by atoms with Gasteiger partial charge in [-0.1, -0.05) is 12.8 Å². The molecule has 0 aliphatic heterocycles. The third-order valence-corrected chi connectivity index (χ3v) is 3.14. The van der Waals surface area contributed by atoms with Gasteiger partial charge in [0.1, 0.15) is 0 Å². The van der Waals surface area contributed by atoms with Crippen molar-refractivity contribution < 1.29 is 5.11 Å². The van der Waals surface area contributed by atoms with Crippen LogP contribution >= 0.6 is 0 Å². The molecule has 2 unspecified atom stereocenters. The highest BCUT2D eigenvalue weighted by atomic mass is 16.3. The molecule has 0 radical (unpaired) electrons. The predicted octanol–water partition coefficient (Wildman–Crippen LogP) is 1.20. The monoisotopic (exact) mass is 222 g/mol. The zero-order valence-electron chi connectivity index (χ0n) is 9.77. The number of hydrogen-bond acceptors (Lipinski definition) is 5. The van der Waals surface area contributed by atoms with Crippen LogP contribution in [0.2, 0.25) is 0 Å². The zero-order valence-corrected chi connectivity index (χ0v) is 9.77. The van der Waals surface area contributed by atoms with E-state index in [2.05, 4.69) is 20.5 Å². The number of aliphatic hydroxyl groups is 1. The summed E-state index contributed by atoms with van der Waals surface area (Å²) in [7, 11) is 0. The molecule has 0 saturated heterocycles. The molecular weight excluding hydrogens is 204 g/mol. The van der Waals surface area contributed by atoms with E-state index in [1.165, 1.54) is 0 Å². The number of nitrogens with zero attached hydrogens (tertiary/aromatic N) is 3. The number of anilines is 1. The second kappa shape index (κ2) is 4.74. The van der Waals surface area contributed by atoms with Crippen LogP contribution in [0.4, 0.5) is 5.95 Å². The number of nitrogens with one attached hydrogen (secondary N) is 1. The van der Waals surface area contributed by atoms with Gasteiger partial charge in [0, 0.05) is 0 Å². The smallest absolute Gasteiger partial charge is 0.243 e. The maximum absolute atomic E-state index is 9.82. The maximum atomic E-state index is 9.82. The van der Waals surface area contributed by atoms with Crippen molar-refractivity contribution in [1.82, 2.24) is 15.2 Å². The second-order valence-corrected chi connectivity index (χ2v) is 4.41. The third kappa shape index (κ3) is 2.47. The summed E-state index contributed by atoms with van der Waals surface area (Å²) in [4.78, 5) is 4.31. The Balaban J connectivity index is 2.05. The van der Waals surface area contributed by atoms with Crippen LogP contribution in [0, 0.1) is 13.8 Å². The van der Waals surface area contributed by atoms with Gasteiger partial charge in [-0.3, -0.25) is 0 Å². The molecule has 88 valence electrons. The summed E-state index contributed by atoms with van der Waals surface area (Å²) in [6.45, 7) is 3.79. The minimum Gasteiger partial charge on any atom is -0.391 e. The highest BCUT2D eigenvalue weighted by molar-refractivity contribution is 5.27. The van der Waals surface area contributed by atoms with E-state index in [0.29, 0.717) is 5.95 Å². The minimum atomic E-state index is -0.293. The molecule has 2 rings (SSSR count). The van der Waals surface area contributed by atoms with E-state index in [1.807, 2.05) is 13.8 Å². The van der Waals surface area contributed by atoms with Crippen LogP contribution < -0.4 is 5.32 Å². The largest absolute Gasteiger partial charge is 0.391 e. The lowest BCUT2D eigenvalue weighted by atomic mass is 9.93. The first-order valence-electron chi connectivity index (χ1n) is 5.79. The Morgan fingerprint density at radius 1 is 1.12 bits per heavy atom. The van der Waals surface area contributed by atoms with Crippen LogP contribution in [-0.2, 0) is 0 Å². The van der Waals surface area contributed by atoms with Gasteiger partial charge in [-0.25, -0.2) is 4.98 Å². The third-order valence-electron chi connectivity index (χ3n) is 3.14. The minimum absolute atomic E-state index is 0.0673. The van der Waals surface area contributed by atoms with Crippen molar-refractivity contribution in [2.75, 3.05) is 5.32 Å². The van der Waals surface area contributed by atoms with Gasteiger partial charge in [-0.05, 0) is 26.7 Å². The van der Waals surface area contributed by atoms with E-state index < -0.39 is 0 Å². The average molecular weight is 222 g/mol. The first-order valence-corrected chi connectivity index (χ1v) is 5.79. The fraction of sp³-hybridized carbons (Fsp3) is 0.727. The SMILES string of the molecule is Cc1nnc(NC2CCCCC2O)nc1C. The van der Waals surface area contributed by atoms with Crippen molar-refractivity contribution in [3.05, 3.63) is 11.4 Å². The fourth-order valence-electron chi connectivity index (χ4n) is 1.96. The summed E-state index contributed by atoms with van der Waals surface area (Å²) in [6, 6.07) is 0.0673. The van der Waals surface area contributed by atoms with Gasteiger partial charge < -0.3 is 10.4 Å². The Labute approximate surface area is 95.3 Å². The molecular formula is C11H18N4O. The van der Waals surface area contributed by atoms with E-state index in [9.17, 15) is 5.11 Å². The summed E-state index contributed by atoms with van der Waals surface area (Å²) >= 11 is 0. The van der Waals surface area contributed by atoms with E-state index in [4.69, 9.17) is 0 Å². The van der Waals surface area contributed by atoms with Crippen LogP contribution in [0.1, 0.15) is 37.1 Å². The number of hydrogen-bond donors (Lipinski definition) is 2. The molecule has 0 bridgehead atoms. The van der Waals surface area contributed by atoms with Gasteiger partial charge in [-0.15, -0.1) is 5.10 Å². The number of aromatic nitrogens is 3. The van der Waals surface area contributed by atoms with Crippen molar-refractivity contribution in [2.24, 2.45) is 0 Å². The highest BCUT2D eigenvalue weighted by Gasteiger charge is 2.23. The van der Waals surface area contributed by atoms with Gasteiger partial charge in [0.25, 0.3) is 0 Å². The number of aryl methyl sites for hydroxylation is 2. The molecule has 1 saturated carbocycles. The normalized spacial score (nSPS) is 25.4. The molecule has 1 heterocycles.